The van der Waals surface area contributed by atoms with Gasteiger partial charge in [-0.3, -0.25) is 0 Å². The standard InChI is InChI=1S/C7H13N3O/c1-7(11,4-8)5-10-3-2-9-6-10/h2-3,6,11H,4-5,8H2,1H3. The van der Waals surface area contributed by atoms with Crippen LogP contribution in [0.25, 0.3) is 0 Å². The van der Waals surface area contributed by atoms with Gasteiger partial charge >= 0.3 is 0 Å². The molecule has 4 nitrogen and oxygen atoms in total. The van der Waals surface area contributed by atoms with Crippen LogP contribution in [0, 0.1) is 0 Å². The predicted octanol–water partition coefficient (Wildman–Crippen LogP) is -0.407. The van der Waals surface area contributed by atoms with Crippen LogP contribution in [0.5, 0.6) is 0 Å². The SMILES string of the molecule is CC(O)(CN)Cn1ccnc1. The van der Waals surface area contributed by atoms with Crippen LogP contribution in [0.1, 0.15) is 6.92 Å². The van der Waals surface area contributed by atoms with Crippen molar-refractivity contribution in [2.75, 3.05) is 6.54 Å². The average Bonchev–Trinajstić information content (AvgIpc) is 2.39. The maximum Gasteiger partial charge on any atom is 0.0946 e. The van der Waals surface area contributed by atoms with Crippen molar-refractivity contribution in [3.63, 3.8) is 0 Å². The molecular weight excluding hydrogens is 142 g/mol. The zero-order chi connectivity index (χ0) is 8.32. The van der Waals surface area contributed by atoms with E-state index >= 15 is 0 Å². The van der Waals surface area contributed by atoms with E-state index in [1.54, 1.807) is 30.2 Å². The molecule has 11 heavy (non-hydrogen) atoms. The molecule has 0 aromatic carbocycles. The van der Waals surface area contributed by atoms with Crippen LogP contribution < -0.4 is 5.73 Å². The molecule has 4 heteroatoms. The summed E-state index contributed by atoms with van der Waals surface area (Å²) >= 11 is 0. The summed E-state index contributed by atoms with van der Waals surface area (Å²) in [7, 11) is 0. The third-order valence-electron chi connectivity index (χ3n) is 1.52. The Kier molecular flexibility index (Phi) is 2.26. The lowest BCUT2D eigenvalue weighted by molar-refractivity contribution is 0.0507. The molecule has 0 aliphatic rings. The summed E-state index contributed by atoms with van der Waals surface area (Å²) < 4.78 is 1.80. The number of aromatic nitrogens is 2. The lowest BCUT2D eigenvalue weighted by atomic mass is 10.1. The van der Waals surface area contributed by atoms with E-state index in [9.17, 15) is 5.11 Å². The summed E-state index contributed by atoms with van der Waals surface area (Å²) in [6.45, 7) is 2.45. The van der Waals surface area contributed by atoms with E-state index in [2.05, 4.69) is 4.98 Å². The van der Waals surface area contributed by atoms with Gasteiger partial charge in [-0.2, -0.15) is 0 Å². The molecule has 1 atom stereocenters. The van der Waals surface area contributed by atoms with Gasteiger partial charge in [-0.1, -0.05) is 0 Å². The Hall–Kier alpha value is -0.870. The minimum Gasteiger partial charge on any atom is -0.387 e. The predicted molar refractivity (Wildman–Crippen MR) is 41.9 cm³/mol. The van der Waals surface area contributed by atoms with E-state index in [4.69, 9.17) is 5.73 Å². The van der Waals surface area contributed by atoms with Crippen LogP contribution >= 0.6 is 0 Å². The molecule has 1 aromatic heterocycles. The lowest BCUT2D eigenvalue weighted by Crippen LogP contribution is -2.38. The highest BCUT2D eigenvalue weighted by Crippen LogP contribution is 2.03. The summed E-state index contributed by atoms with van der Waals surface area (Å²) in [6, 6.07) is 0. The second kappa shape index (κ2) is 3.02. The highest BCUT2D eigenvalue weighted by Gasteiger charge is 2.17. The summed E-state index contributed by atoms with van der Waals surface area (Å²) in [4.78, 5) is 3.85. The molecule has 62 valence electrons. The minimum absolute atomic E-state index is 0.255. The summed E-state index contributed by atoms with van der Waals surface area (Å²) in [5, 5.41) is 9.52. The monoisotopic (exact) mass is 155 g/mol. The molecule has 0 spiro atoms. The first-order chi connectivity index (χ1) is 5.14. The highest BCUT2D eigenvalue weighted by molar-refractivity contribution is 4.81. The first-order valence-electron chi connectivity index (χ1n) is 3.52. The number of hydrogen-bond acceptors (Lipinski definition) is 3. The Bertz CT molecular complexity index is 205. The average molecular weight is 155 g/mol. The van der Waals surface area contributed by atoms with Gasteiger partial charge in [0.05, 0.1) is 18.5 Å². The smallest absolute Gasteiger partial charge is 0.0946 e. The number of aliphatic hydroxyl groups is 1. The molecule has 0 saturated heterocycles. The fourth-order valence-corrected chi connectivity index (χ4v) is 0.838. The molecular formula is C7H13N3O. The van der Waals surface area contributed by atoms with E-state index in [-0.39, 0.29) is 6.54 Å². The first kappa shape index (κ1) is 8.23. The van der Waals surface area contributed by atoms with Crippen molar-refractivity contribution >= 4 is 0 Å². The van der Waals surface area contributed by atoms with Crippen molar-refractivity contribution in [1.29, 1.82) is 0 Å². The molecule has 0 aliphatic carbocycles. The molecule has 0 saturated carbocycles. The molecule has 1 rings (SSSR count). The fraction of sp³-hybridized carbons (Fsp3) is 0.571. The van der Waals surface area contributed by atoms with Gasteiger partial charge in [-0.05, 0) is 6.92 Å². The third kappa shape index (κ3) is 2.32. The highest BCUT2D eigenvalue weighted by atomic mass is 16.3. The van der Waals surface area contributed by atoms with Crippen molar-refractivity contribution in [2.45, 2.75) is 19.1 Å². The van der Waals surface area contributed by atoms with E-state index in [0.717, 1.165) is 0 Å². The second-order valence-corrected chi connectivity index (χ2v) is 2.94. The molecule has 1 heterocycles. The molecule has 0 fully saturated rings. The van der Waals surface area contributed by atoms with Crippen LogP contribution in [0.4, 0.5) is 0 Å². The Labute approximate surface area is 65.7 Å². The maximum absolute atomic E-state index is 9.52. The lowest BCUT2D eigenvalue weighted by Gasteiger charge is -2.20. The Morgan fingerprint density at radius 3 is 2.91 bits per heavy atom. The van der Waals surface area contributed by atoms with Crippen LogP contribution in [0.2, 0.25) is 0 Å². The van der Waals surface area contributed by atoms with Gasteiger partial charge in [0.1, 0.15) is 0 Å². The van der Waals surface area contributed by atoms with Gasteiger partial charge in [0.2, 0.25) is 0 Å². The summed E-state index contributed by atoms with van der Waals surface area (Å²) in [5.74, 6) is 0. The van der Waals surface area contributed by atoms with E-state index < -0.39 is 5.60 Å². The number of nitrogens with zero attached hydrogens (tertiary/aromatic N) is 2. The Balaban J connectivity index is 2.56. The quantitative estimate of drug-likeness (QED) is 0.624. The molecule has 0 amide bonds. The van der Waals surface area contributed by atoms with Crippen molar-refractivity contribution in [3.05, 3.63) is 18.7 Å². The number of hydrogen-bond donors (Lipinski definition) is 2. The van der Waals surface area contributed by atoms with Crippen LogP contribution in [-0.4, -0.2) is 26.8 Å². The number of nitrogens with two attached hydrogens (primary N) is 1. The summed E-state index contributed by atoms with van der Waals surface area (Å²) in [5.41, 5.74) is 4.51. The molecule has 3 N–H and O–H groups in total. The van der Waals surface area contributed by atoms with Gasteiger partial charge in [0.25, 0.3) is 0 Å². The Morgan fingerprint density at radius 2 is 2.45 bits per heavy atom. The van der Waals surface area contributed by atoms with Crippen molar-refractivity contribution in [1.82, 2.24) is 9.55 Å². The molecule has 1 aromatic rings. The van der Waals surface area contributed by atoms with Crippen LogP contribution in [0.15, 0.2) is 18.7 Å². The van der Waals surface area contributed by atoms with Gasteiger partial charge in [0.15, 0.2) is 0 Å². The summed E-state index contributed by atoms with van der Waals surface area (Å²) in [6.07, 6.45) is 5.13. The maximum atomic E-state index is 9.52. The number of imidazole rings is 1. The van der Waals surface area contributed by atoms with E-state index in [0.29, 0.717) is 6.54 Å². The third-order valence-corrected chi connectivity index (χ3v) is 1.52. The van der Waals surface area contributed by atoms with Crippen molar-refractivity contribution in [2.24, 2.45) is 5.73 Å². The largest absolute Gasteiger partial charge is 0.387 e. The van der Waals surface area contributed by atoms with Crippen LogP contribution in [-0.2, 0) is 6.54 Å². The zero-order valence-electron chi connectivity index (χ0n) is 6.57. The van der Waals surface area contributed by atoms with E-state index in [1.165, 1.54) is 0 Å². The normalized spacial score (nSPS) is 16.3. The fourth-order valence-electron chi connectivity index (χ4n) is 0.838. The number of rotatable bonds is 3. The topological polar surface area (TPSA) is 64.1 Å². The van der Waals surface area contributed by atoms with Crippen LogP contribution in [0.3, 0.4) is 0 Å². The van der Waals surface area contributed by atoms with Gasteiger partial charge in [-0.15, -0.1) is 0 Å². The zero-order valence-corrected chi connectivity index (χ0v) is 6.57. The molecule has 0 bridgehead atoms. The molecule has 1 unspecified atom stereocenters. The second-order valence-electron chi connectivity index (χ2n) is 2.94. The van der Waals surface area contributed by atoms with Gasteiger partial charge < -0.3 is 15.4 Å². The minimum atomic E-state index is -0.833. The van der Waals surface area contributed by atoms with Gasteiger partial charge in [-0.25, -0.2) is 4.98 Å². The van der Waals surface area contributed by atoms with Crippen molar-refractivity contribution in [3.8, 4) is 0 Å². The molecule has 0 radical (unpaired) electrons. The van der Waals surface area contributed by atoms with E-state index in [1.807, 2.05) is 0 Å². The van der Waals surface area contributed by atoms with Crippen molar-refractivity contribution < 1.29 is 5.11 Å². The Morgan fingerprint density at radius 1 is 1.73 bits per heavy atom. The molecule has 0 aliphatic heterocycles. The van der Waals surface area contributed by atoms with Gasteiger partial charge in [0, 0.05) is 18.9 Å². The first-order valence-corrected chi connectivity index (χ1v) is 3.52.